The van der Waals surface area contributed by atoms with Gasteiger partial charge < -0.3 is 4.57 Å². The van der Waals surface area contributed by atoms with Crippen LogP contribution in [0.4, 0.5) is 0 Å². The summed E-state index contributed by atoms with van der Waals surface area (Å²) in [5.41, 5.74) is 3.11. The van der Waals surface area contributed by atoms with Crippen LogP contribution in [0.2, 0.25) is 0 Å². The van der Waals surface area contributed by atoms with Crippen LogP contribution in [0.3, 0.4) is 0 Å². The molecule has 16 heavy (non-hydrogen) atoms. The molecule has 0 aromatic carbocycles. The van der Waals surface area contributed by atoms with E-state index in [0.717, 1.165) is 25.0 Å². The van der Waals surface area contributed by atoms with Gasteiger partial charge in [0.05, 0.1) is 0 Å². The first kappa shape index (κ1) is 11.4. The molecule has 0 bridgehead atoms. The predicted octanol–water partition coefficient (Wildman–Crippen LogP) is 1.57. The molecule has 1 heterocycles. The molecule has 0 N–H and O–H groups in total. The van der Waals surface area contributed by atoms with Crippen molar-refractivity contribution in [2.24, 2.45) is 7.05 Å². The number of rotatable bonds is 3. The molecule has 2 rings (SSSR count). The third-order valence-electron chi connectivity index (χ3n) is 3.15. The number of nitrogens with zero attached hydrogens (tertiary/aromatic N) is 1. The summed E-state index contributed by atoms with van der Waals surface area (Å²) in [5, 5.41) is -0.387. The Hall–Kier alpha value is -1.09. The number of carbonyl (C=O) groups is 1. The molecule has 1 aliphatic rings. The first-order chi connectivity index (χ1) is 7.59. The molecule has 0 radical (unpaired) electrons. The molecule has 0 unspecified atom stereocenters. The van der Waals surface area contributed by atoms with Gasteiger partial charge in [-0.25, -0.2) is 0 Å². The van der Waals surface area contributed by atoms with Gasteiger partial charge in [-0.3, -0.25) is 9.59 Å². The molecule has 0 amide bonds. The molecule has 4 heteroatoms. The van der Waals surface area contributed by atoms with E-state index in [9.17, 15) is 9.59 Å². The molecule has 0 saturated heterocycles. The fourth-order valence-corrected chi connectivity index (χ4v) is 2.41. The Labute approximate surface area is 99.0 Å². The van der Waals surface area contributed by atoms with Gasteiger partial charge in [0.2, 0.25) is 5.24 Å². The number of pyridine rings is 1. The number of aryl methyl sites for hydroxylation is 2. The minimum Gasteiger partial charge on any atom is -0.315 e. The summed E-state index contributed by atoms with van der Waals surface area (Å²) in [6, 6.07) is 1.95. The second-order valence-corrected chi connectivity index (χ2v) is 4.64. The number of aromatic nitrogens is 1. The molecule has 1 aliphatic carbocycles. The highest BCUT2D eigenvalue weighted by Crippen LogP contribution is 2.20. The van der Waals surface area contributed by atoms with Gasteiger partial charge in [-0.15, -0.1) is 0 Å². The fourth-order valence-electron chi connectivity index (χ4n) is 2.31. The molecular formula is C12H14ClNO2. The molecule has 3 nitrogen and oxygen atoms in total. The van der Waals surface area contributed by atoms with Crippen molar-refractivity contribution < 1.29 is 4.79 Å². The second-order valence-electron chi connectivity index (χ2n) is 4.21. The van der Waals surface area contributed by atoms with Gasteiger partial charge in [0.1, 0.15) is 0 Å². The van der Waals surface area contributed by atoms with Crippen LogP contribution in [0.5, 0.6) is 0 Å². The number of hydrogen-bond acceptors (Lipinski definition) is 2. The Kier molecular flexibility index (Phi) is 3.15. The van der Waals surface area contributed by atoms with Crippen molar-refractivity contribution in [3.05, 3.63) is 33.2 Å². The van der Waals surface area contributed by atoms with Gasteiger partial charge in [0, 0.05) is 24.7 Å². The Morgan fingerprint density at radius 3 is 2.94 bits per heavy atom. The maximum atomic E-state index is 11.9. The van der Waals surface area contributed by atoms with Crippen molar-refractivity contribution in [2.75, 3.05) is 0 Å². The van der Waals surface area contributed by atoms with E-state index in [1.54, 1.807) is 11.6 Å². The van der Waals surface area contributed by atoms with E-state index in [4.69, 9.17) is 11.6 Å². The van der Waals surface area contributed by atoms with E-state index in [1.807, 2.05) is 6.07 Å². The van der Waals surface area contributed by atoms with Crippen LogP contribution in [0.1, 0.15) is 29.7 Å². The third kappa shape index (κ3) is 2.05. The number of halogens is 1. The SMILES string of the molecule is Cn1c2c(cc(CCC(=O)Cl)c1=O)CCC2. The van der Waals surface area contributed by atoms with Gasteiger partial charge in [0.25, 0.3) is 5.56 Å². The summed E-state index contributed by atoms with van der Waals surface area (Å²) in [6.45, 7) is 0. The van der Waals surface area contributed by atoms with Crippen LogP contribution in [0, 0.1) is 0 Å². The van der Waals surface area contributed by atoms with Crippen molar-refractivity contribution in [1.82, 2.24) is 4.57 Å². The summed E-state index contributed by atoms with van der Waals surface area (Å²) in [7, 11) is 1.80. The lowest BCUT2D eigenvalue weighted by atomic mass is 10.1. The topological polar surface area (TPSA) is 39.1 Å². The summed E-state index contributed by atoms with van der Waals surface area (Å²) in [4.78, 5) is 22.7. The van der Waals surface area contributed by atoms with Crippen LogP contribution in [-0.4, -0.2) is 9.81 Å². The lowest BCUT2D eigenvalue weighted by molar-refractivity contribution is -0.111. The molecule has 0 fully saturated rings. The van der Waals surface area contributed by atoms with Crippen LogP contribution in [0.15, 0.2) is 10.9 Å². The molecule has 1 aromatic rings. The standard InChI is InChI=1S/C12H14ClNO2/c1-14-10-4-2-3-8(10)7-9(12(14)16)5-6-11(13)15/h7H,2-6H2,1H3. The monoisotopic (exact) mass is 239 g/mol. The Bertz CT molecular complexity index is 491. The zero-order chi connectivity index (χ0) is 11.7. The molecule has 0 spiro atoms. The van der Waals surface area contributed by atoms with E-state index in [2.05, 4.69) is 0 Å². The van der Waals surface area contributed by atoms with Crippen LogP contribution >= 0.6 is 11.6 Å². The van der Waals surface area contributed by atoms with Crippen LogP contribution in [0.25, 0.3) is 0 Å². The quantitative estimate of drug-likeness (QED) is 0.752. The maximum absolute atomic E-state index is 11.9. The van der Waals surface area contributed by atoms with Crippen molar-refractivity contribution >= 4 is 16.8 Å². The zero-order valence-electron chi connectivity index (χ0n) is 9.25. The highest BCUT2D eigenvalue weighted by molar-refractivity contribution is 6.63. The highest BCUT2D eigenvalue weighted by Gasteiger charge is 2.17. The molecule has 0 aliphatic heterocycles. The molecule has 0 saturated carbocycles. The average Bonchev–Trinajstić information content (AvgIpc) is 2.69. The van der Waals surface area contributed by atoms with Crippen molar-refractivity contribution in [1.29, 1.82) is 0 Å². The lowest BCUT2D eigenvalue weighted by Gasteiger charge is -2.09. The summed E-state index contributed by atoms with van der Waals surface area (Å²) in [5.74, 6) is 0. The molecule has 86 valence electrons. The van der Waals surface area contributed by atoms with Crippen molar-refractivity contribution in [3.8, 4) is 0 Å². The molecule has 1 aromatic heterocycles. The van der Waals surface area contributed by atoms with Gasteiger partial charge in [0.15, 0.2) is 0 Å². The number of hydrogen-bond donors (Lipinski definition) is 0. The molecule has 0 atom stereocenters. The summed E-state index contributed by atoms with van der Waals surface area (Å²) >= 11 is 5.29. The van der Waals surface area contributed by atoms with E-state index in [0.29, 0.717) is 12.0 Å². The Morgan fingerprint density at radius 1 is 1.50 bits per heavy atom. The summed E-state index contributed by atoms with van der Waals surface area (Å²) < 4.78 is 1.72. The normalized spacial score (nSPS) is 13.9. The minimum absolute atomic E-state index is 0.0126. The predicted molar refractivity (Wildman–Crippen MR) is 62.9 cm³/mol. The average molecular weight is 240 g/mol. The first-order valence-corrected chi connectivity index (χ1v) is 5.86. The van der Waals surface area contributed by atoms with Gasteiger partial charge in [-0.2, -0.15) is 0 Å². The second kappa shape index (κ2) is 4.42. The van der Waals surface area contributed by atoms with E-state index in [-0.39, 0.29) is 17.2 Å². The minimum atomic E-state index is -0.387. The first-order valence-electron chi connectivity index (χ1n) is 5.48. The Balaban J connectivity index is 2.36. The van der Waals surface area contributed by atoms with Crippen molar-refractivity contribution in [3.63, 3.8) is 0 Å². The smallest absolute Gasteiger partial charge is 0.253 e. The van der Waals surface area contributed by atoms with Gasteiger partial charge in [-0.05, 0) is 48.9 Å². The van der Waals surface area contributed by atoms with E-state index in [1.165, 1.54) is 5.56 Å². The number of carbonyl (C=O) groups excluding carboxylic acids is 1. The maximum Gasteiger partial charge on any atom is 0.253 e. The van der Waals surface area contributed by atoms with E-state index >= 15 is 0 Å². The third-order valence-corrected chi connectivity index (χ3v) is 3.34. The molecular weight excluding hydrogens is 226 g/mol. The van der Waals surface area contributed by atoms with Gasteiger partial charge in [-0.1, -0.05) is 0 Å². The zero-order valence-corrected chi connectivity index (χ0v) is 10.0. The fraction of sp³-hybridized carbons (Fsp3) is 0.500. The highest BCUT2D eigenvalue weighted by atomic mass is 35.5. The van der Waals surface area contributed by atoms with Crippen LogP contribution < -0.4 is 5.56 Å². The van der Waals surface area contributed by atoms with Gasteiger partial charge >= 0.3 is 0 Å². The number of fused-ring (bicyclic) bond motifs is 1. The largest absolute Gasteiger partial charge is 0.315 e. The van der Waals surface area contributed by atoms with Crippen molar-refractivity contribution in [2.45, 2.75) is 32.1 Å². The Morgan fingerprint density at radius 2 is 2.25 bits per heavy atom. The lowest BCUT2D eigenvalue weighted by Crippen LogP contribution is -2.24. The van der Waals surface area contributed by atoms with E-state index < -0.39 is 0 Å². The summed E-state index contributed by atoms with van der Waals surface area (Å²) in [6.07, 6.45) is 3.80. The van der Waals surface area contributed by atoms with Crippen LogP contribution in [-0.2, 0) is 31.1 Å².